The molecule has 1 aromatic rings. The summed E-state index contributed by atoms with van der Waals surface area (Å²) in [7, 11) is -2.45. The molecule has 0 saturated heterocycles. The van der Waals surface area contributed by atoms with Gasteiger partial charge in [0.15, 0.2) is 0 Å². The standard InChI is InChI=1S/C13H20ClFNO4P/c1-9(6-11(17)8-21(18,19)20)16(2)7-10-4-3-5-12(15)13(10)14/h3-5,9,11,17H,6-8H2,1-2H3,(H2,18,19,20). The summed E-state index contributed by atoms with van der Waals surface area (Å²) in [6.45, 7) is 2.19. The summed E-state index contributed by atoms with van der Waals surface area (Å²) in [5, 5.41) is 9.73. The Bertz CT molecular complexity index is 525. The van der Waals surface area contributed by atoms with Gasteiger partial charge in [0, 0.05) is 12.6 Å². The molecule has 0 radical (unpaired) electrons. The molecular formula is C13H20ClFNO4P. The van der Waals surface area contributed by atoms with Gasteiger partial charge in [-0.15, -0.1) is 0 Å². The molecule has 0 bridgehead atoms. The maximum Gasteiger partial charge on any atom is 0.328 e. The van der Waals surface area contributed by atoms with Gasteiger partial charge in [0.1, 0.15) is 5.82 Å². The number of halogens is 2. The van der Waals surface area contributed by atoms with Gasteiger partial charge in [-0.3, -0.25) is 9.46 Å². The molecule has 2 unspecified atom stereocenters. The molecule has 0 aromatic heterocycles. The highest BCUT2D eigenvalue weighted by Crippen LogP contribution is 2.35. The van der Waals surface area contributed by atoms with Crippen LogP contribution in [0.2, 0.25) is 5.02 Å². The van der Waals surface area contributed by atoms with Crippen molar-refractivity contribution in [1.29, 1.82) is 0 Å². The lowest BCUT2D eigenvalue weighted by molar-refractivity contribution is 0.128. The summed E-state index contributed by atoms with van der Waals surface area (Å²) < 4.78 is 24.2. The van der Waals surface area contributed by atoms with Crippen LogP contribution >= 0.6 is 19.2 Å². The molecule has 3 N–H and O–H groups in total. The van der Waals surface area contributed by atoms with Crippen molar-refractivity contribution < 1.29 is 23.8 Å². The Labute approximate surface area is 128 Å². The van der Waals surface area contributed by atoms with Crippen molar-refractivity contribution in [1.82, 2.24) is 4.90 Å². The van der Waals surface area contributed by atoms with Crippen LogP contribution in [0, 0.1) is 5.82 Å². The first kappa shape index (κ1) is 18.6. The van der Waals surface area contributed by atoms with E-state index in [1.54, 1.807) is 19.2 Å². The van der Waals surface area contributed by atoms with E-state index in [1.165, 1.54) is 6.07 Å². The number of benzene rings is 1. The van der Waals surface area contributed by atoms with E-state index in [0.29, 0.717) is 12.1 Å². The van der Waals surface area contributed by atoms with Gasteiger partial charge in [0.25, 0.3) is 0 Å². The monoisotopic (exact) mass is 339 g/mol. The molecule has 1 aromatic carbocycles. The Morgan fingerprint density at radius 1 is 1.43 bits per heavy atom. The van der Waals surface area contributed by atoms with Crippen LogP contribution in [0.3, 0.4) is 0 Å². The maximum absolute atomic E-state index is 13.3. The average Bonchev–Trinajstić information content (AvgIpc) is 2.32. The Kier molecular flexibility index (Phi) is 6.78. The van der Waals surface area contributed by atoms with Gasteiger partial charge >= 0.3 is 7.60 Å². The van der Waals surface area contributed by atoms with Crippen molar-refractivity contribution in [2.75, 3.05) is 13.2 Å². The van der Waals surface area contributed by atoms with E-state index in [9.17, 15) is 14.1 Å². The summed E-state index contributed by atoms with van der Waals surface area (Å²) in [6.07, 6.45) is -1.45. The summed E-state index contributed by atoms with van der Waals surface area (Å²) in [5.74, 6) is -0.489. The number of rotatable bonds is 7. The summed E-state index contributed by atoms with van der Waals surface area (Å²) >= 11 is 5.88. The molecule has 1 rings (SSSR count). The average molecular weight is 340 g/mol. The highest BCUT2D eigenvalue weighted by atomic mass is 35.5. The van der Waals surface area contributed by atoms with E-state index >= 15 is 0 Å². The van der Waals surface area contributed by atoms with Crippen LogP contribution in [0.4, 0.5) is 4.39 Å². The Hall–Kier alpha value is -0.490. The summed E-state index contributed by atoms with van der Waals surface area (Å²) in [5.41, 5.74) is 0.621. The number of hydrogen-bond acceptors (Lipinski definition) is 3. The van der Waals surface area contributed by atoms with Crippen molar-refractivity contribution in [3.8, 4) is 0 Å². The Balaban J connectivity index is 2.60. The van der Waals surface area contributed by atoms with Gasteiger partial charge < -0.3 is 14.9 Å². The van der Waals surface area contributed by atoms with Crippen LogP contribution < -0.4 is 0 Å². The van der Waals surface area contributed by atoms with E-state index in [-0.39, 0.29) is 17.5 Å². The van der Waals surface area contributed by atoms with E-state index in [0.717, 1.165) is 0 Å². The Morgan fingerprint density at radius 2 is 2.05 bits per heavy atom. The topological polar surface area (TPSA) is 81.0 Å². The van der Waals surface area contributed by atoms with Gasteiger partial charge in [-0.1, -0.05) is 23.7 Å². The van der Waals surface area contributed by atoms with Gasteiger partial charge in [-0.25, -0.2) is 4.39 Å². The zero-order valence-corrected chi connectivity index (χ0v) is 13.6. The van der Waals surface area contributed by atoms with E-state index < -0.39 is 25.7 Å². The predicted molar refractivity (Wildman–Crippen MR) is 79.9 cm³/mol. The molecule has 0 saturated carbocycles. The zero-order valence-electron chi connectivity index (χ0n) is 11.9. The first-order valence-electron chi connectivity index (χ1n) is 6.46. The number of hydrogen-bond donors (Lipinski definition) is 3. The number of aliphatic hydroxyl groups excluding tert-OH is 1. The van der Waals surface area contributed by atoms with Crippen LogP contribution in [0.1, 0.15) is 18.9 Å². The quantitative estimate of drug-likeness (QED) is 0.664. The second-order valence-electron chi connectivity index (χ2n) is 5.21. The fraction of sp³-hybridized carbons (Fsp3) is 0.538. The lowest BCUT2D eigenvalue weighted by Crippen LogP contribution is -2.33. The van der Waals surface area contributed by atoms with Gasteiger partial charge in [-0.2, -0.15) is 0 Å². The van der Waals surface area contributed by atoms with Crippen molar-refractivity contribution >= 4 is 19.2 Å². The molecule has 0 heterocycles. The zero-order chi connectivity index (χ0) is 16.2. The van der Waals surface area contributed by atoms with Crippen molar-refractivity contribution in [2.45, 2.75) is 32.0 Å². The highest BCUT2D eigenvalue weighted by molar-refractivity contribution is 7.51. The van der Waals surface area contributed by atoms with Crippen molar-refractivity contribution in [2.24, 2.45) is 0 Å². The lowest BCUT2D eigenvalue weighted by atomic mass is 10.1. The van der Waals surface area contributed by atoms with Crippen LogP contribution in [-0.4, -0.2) is 45.1 Å². The molecule has 0 aliphatic heterocycles. The molecule has 0 amide bonds. The number of aliphatic hydroxyl groups is 1. The molecule has 8 heteroatoms. The smallest absolute Gasteiger partial charge is 0.328 e. The predicted octanol–water partition coefficient (Wildman–Crippen LogP) is 2.23. The molecule has 120 valence electrons. The van der Waals surface area contributed by atoms with Gasteiger partial charge in [0.05, 0.1) is 17.3 Å². The van der Waals surface area contributed by atoms with E-state index in [1.807, 2.05) is 11.8 Å². The second kappa shape index (κ2) is 7.68. The minimum atomic E-state index is -4.23. The first-order valence-corrected chi connectivity index (χ1v) is 8.63. The van der Waals surface area contributed by atoms with Crippen LogP contribution in [0.25, 0.3) is 0 Å². The van der Waals surface area contributed by atoms with Crippen molar-refractivity contribution in [3.63, 3.8) is 0 Å². The van der Waals surface area contributed by atoms with Gasteiger partial charge in [-0.05, 0) is 32.0 Å². The minimum absolute atomic E-state index is 0.0623. The van der Waals surface area contributed by atoms with Gasteiger partial charge in [0.2, 0.25) is 0 Å². The van der Waals surface area contributed by atoms with Crippen LogP contribution in [-0.2, 0) is 11.1 Å². The summed E-state index contributed by atoms with van der Waals surface area (Å²) in [6, 6.07) is 4.41. The fourth-order valence-electron chi connectivity index (χ4n) is 2.02. The SMILES string of the molecule is CC(CC(O)CP(=O)(O)O)N(C)Cc1cccc(F)c1Cl. The maximum atomic E-state index is 13.3. The molecule has 0 fully saturated rings. The molecule has 0 spiro atoms. The molecule has 5 nitrogen and oxygen atoms in total. The van der Waals surface area contributed by atoms with E-state index in [2.05, 4.69) is 0 Å². The third-order valence-corrected chi connectivity index (χ3v) is 4.59. The molecule has 0 aliphatic rings. The van der Waals surface area contributed by atoms with E-state index in [4.69, 9.17) is 21.4 Å². The first-order chi connectivity index (χ1) is 9.60. The molecular weight excluding hydrogens is 320 g/mol. The minimum Gasteiger partial charge on any atom is -0.392 e. The highest BCUT2D eigenvalue weighted by Gasteiger charge is 2.23. The fourth-order valence-corrected chi connectivity index (χ4v) is 2.90. The molecule has 0 aliphatic carbocycles. The van der Waals surface area contributed by atoms with Crippen molar-refractivity contribution in [3.05, 3.63) is 34.6 Å². The lowest BCUT2D eigenvalue weighted by Gasteiger charge is -2.27. The largest absolute Gasteiger partial charge is 0.392 e. The normalized spacial score (nSPS) is 15.2. The second-order valence-corrected chi connectivity index (χ2v) is 7.29. The summed E-state index contributed by atoms with van der Waals surface area (Å²) in [4.78, 5) is 19.5. The molecule has 21 heavy (non-hydrogen) atoms. The Morgan fingerprint density at radius 3 is 2.62 bits per heavy atom. The van der Waals surface area contributed by atoms with Crippen LogP contribution in [0.5, 0.6) is 0 Å². The third kappa shape index (κ3) is 6.43. The third-order valence-electron chi connectivity index (χ3n) is 3.27. The van der Waals surface area contributed by atoms with Crippen LogP contribution in [0.15, 0.2) is 18.2 Å². The molecule has 2 atom stereocenters. The number of nitrogens with zero attached hydrogens (tertiary/aromatic N) is 1.